The van der Waals surface area contributed by atoms with Gasteiger partial charge in [-0.05, 0) is 50.5 Å². The van der Waals surface area contributed by atoms with Crippen molar-refractivity contribution in [1.29, 1.82) is 5.26 Å². The van der Waals surface area contributed by atoms with Crippen molar-refractivity contribution in [1.82, 2.24) is 5.32 Å². The van der Waals surface area contributed by atoms with Crippen LogP contribution in [0.15, 0.2) is 0 Å². The Balaban J connectivity index is 2.48. The maximum atomic E-state index is 9.28. The third-order valence-electron chi connectivity index (χ3n) is 3.75. The second-order valence-electron chi connectivity index (χ2n) is 5.20. The molecule has 1 aliphatic rings. The highest BCUT2D eigenvalue weighted by Crippen LogP contribution is 2.35. The first-order valence-corrected chi connectivity index (χ1v) is 6.30. The van der Waals surface area contributed by atoms with Crippen molar-refractivity contribution in [3.63, 3.8) is 0 Å². The van der Waals surface area contributed by atoms with Gasteiger partial charge in [0.1, 0.15) is 5.54 Å². The summed E-state index contributed by atoms with van der Waals surface area (Å²) < 4.78 is 0. The molecule has 0 bridgehead atoms. The molecule has 0 aromatic heterocycles. The maximum absolute atomic E-state index is 9.28. The van der Waals surface area contributed by atoms with E-state index < -0.39 is 0 Å². The molecule has 0 amide bonds. The molecular weight excluding hydrogens is 184 g/mol. The minimum Gasteiger partial charge on any atom is -0.299 e. The lowest BCUT2D eigenvalue weighted by atomic mass is 9.73. The third kappa shape index (κ3) is 3.21. The van der Waals surface area contributed by atoms with Crippen LogP contribution in [0.25, 0.3) is 0 Å². The molecule has 0 aliphatic heterocycles. The smallest absolute Gasteiger partial charge is 0.106 e. The minimum absolute atomic E-state index is 0.207. The molecule has 2 nitrogen and oxygen atoms in total. The molecule has 0 aromatic carbocycles. The minimum atomic E-state index is -0.207. The Morgan fingerprint density at radius 2 is 2.00 bits per heavy atom. The summed E-state index contributed by atoms with van der Waals surface area (Å²) in [7, 11) is 0. The van der Waals surface area contributed by atoms with Crippen LogP contribution in [0.2, 0.25) is 0 Å². The molecule has 86 valence electrons. The average molecular weight is 208 g/mol. The largest absolute Gasteiger partial charge is 0.299 e. The topological polar surface area (TPSA) is 35.8 Å². The SMILES string of the molecule is CCCNC1(C#N)CCC(C(C)C)CC1. The fourth-order valence-electron chi connectivity index (χ4n) is 2.49. The average Bonchev–Trinajstić information content (AvgIpc) is 2.27. The van der Waals surface area contributed by atoms with Crippen LogP contribution in [0.4, 0.5) is 0 Å². The van der Waals surface area contributed by atoms with E-state index in [1.807, 2.05) is 0 Å². The van der Waals surface area contributed by atoms with E-state index in [4.69, 9.17) is 0 Å². The van der Waals surface area contributed by atoms with E-state index in [1.165, 1.54) is 12.8 Å². The van der Waals surface area contributed by atoms with Gasteiger partial charge in [-0.15, -0.1) is 0 Å². The van der Waals surface area contributed by atoms with Crippen molar-refractivity contribution in [2.75, 3.05) is 6.54 Å². The lowest BCUT2D eigenvalue weighted by Gasteiger charge is -2.37. The first-order valence-electron chi connectivity index (χ1n) is 6.30. The van der Waals surface area contributed by atoms with Gasteiger partial charge in [0, 0.05) is 0 Å². The molecule has 0 saturated heterocycles. The van der Waals surface area contributed by atoms with Crippen LogP contribution in [0.5, 0.6) is 0 Å². The molecule has 0 aromatic rings. The molecule has 0 spiro atoms. The lowest BCUT2D eigenvalue weighted by molar-refractivity contribution is 0.200. The summed E-state index contributed by atoms with van der Waals surface area (Å²) in [6, 6.07) is 2.50. The highest BCUT2D eigenvalue weighted by Gasteiger charge is 2.35. The molecule has 0 atom stereocenters. The Hall–Kier alpha value is -0.550. The molecule has 1 saturated carbocycles. The van der Waals surface area contributed by atoms with E-state index in [0.717, 1.165) is 37.6 Å². The van der Waals surface area contributed by atoms with Gasteiger partial charge < -0.3 is 0 Å². The standard InChI is InChI=1S/C13H24N2/c1-4-9-15-13(10-14)7-5-12(6-8-13)11(2)3/h11-12,15H,4-9H2,1-3H3. The summed E-state index contributed by atoms with van der Waals surface area (Å²) in [5, 5.41) is 12.7. The number of rotatable bonds is 4. The summed E-state index contributed by atoms with van der Waals surface area (Å²) >= 11 is 0. The van der Waals surface area contributed by atoms with E-state index in [0.29, 0.717) is 0 Å². The fraction of sp³-hybridized carbons (Fsp3) is 0.923. The summed E-state index contributed by atoms with van der Waals surface area (Å²) in [4.78, 5) is 0. The zero-order valence-corrected chi connectivity index (χ0v) is 10.3. The normalized spacial score (nSPS) is 31.5. The highest BCUT2D eigenvalue weighted by atomic mass is 15.0. The Morgan fingerprint density at radius 1 is 1.40 bits per heavy atom. The summed E-state index contributed by atoms with van der Waals surface area (Å²) in [6.45, 7) is 7.71. The second-order valence-corrected chi connectivity index (χ2v) is 5.20. The van der Waals surface area contributed by atoms with Gasteiger partial charge in [0.15, 0.2) is 0 Å². The van der Waals surface area contributed by atoms with Crippen molar-refractivity contribution in [3.8, 4) is 6.07 Å². The lowest BCUT2D eigenvalue weighted by Crippen LogP contribution is -2.47. The van der Waals surface area contributed by atoms with Gasteiger partial charge in [0.05, 0.1) is 6.07 Å². The molecule has 0 radical (unpaired) electrons. The molecule has 1 fully saturated rings. The van der Waals surface area contributed by atoms with Gasteiger partial charge in [-0.3, -0.25) is 5.32 Å². The molecule has 15 heavy (non-hydrogen) atoms. The van der Waals surface area contributed by atoms with Crippen LogP contribution in [0.1, 0.15) is 52.9 Å². The quantitative estimate of drug-likeness (QED) is 0.770. The Bertz CT molecular complexity index is 219. The zero-order chi connectivity index (χ0) is 11.3. The third-order valence-corrected chi connectivity index (χ3v) is 3.75. The van der Waals surface area contributed by atoms with Gasteiger partial charge in [0.2, 0.25) is 0 Å². The van der Waals surface area contributed by atoms with Crippen molar-refractivity contribution >= 4 is 0 Å². The number of hydrogen-bond donors (Lipinski definition) is 1. The van der Waals surface area contributed by atoms with E-state index in [2.05, 4.69) is 32.2 Å². The van der Waals surface area contributed by atoms with Crippen molar-refractivity contribution in [2.24, 2.45) is 11.8 Å². The van der Waals surface area contributed by atoms with E-state index >= 15 is 0 Å². The van der Waals surface area contributed by atoms with Crippen molar-refractivity contribution in [2.45, 2.75) is 58.4 Å². The summed E-state index contributed by atoms with van der Waals surface area (Å²) in [5.41, 5.74) is -0.207. The molecule has 2 heteroatoms. The fourth-order valence-corrected chi connectivity index (χ4v) is 2.49. The number of nitrogens with one attached hydrogen (secondary N) is 1. The monoisotopic (exact) mass is 208 g/mol. The Morgan fingerprint density at radius 3 is 2.40 bits per heavy atom. The van der Waals surface area contributed by atoms with Gasteiger partial charge >= 0.3 is 0 Å². The highest BCUT2D eigenvalue weighted by molar-refractivity contribution is 5.09. The Kier molecular flexibility index (Phi) is 4.60. The van der Waals surface area contributed by atoms with Crippen molar-refractivity contribution in [3.05, 3.63) is 0 Å². The maximum Gasteiger partial charge on any atom is 0.106 e. The predicted molar refractivity (Wildman–Crippen MR) is 63.4 cm³/mol. The van der Waals surface area contributed by atoms with E-state index in [9.17, 15) is 5.26 Å². The molecule has 0 unspecified atom stereocenters. The molecular formula is C13H24N2. The van der Waals surface area contributed by atoms with E-state index in [1.54, 1.807) is 0 Å². The van der Waals surface area contributed by atoms with Gasteiger partial charge in [-0.1, -0.05) is 20.8 Å². The van der Waals surface area contributed by atoms with Crippen LogP contribution in [0, 0.1) is 23.2 Å². The molecule has 1 N–H and O–H groups in total. The number of nitriles is 1. The van der Waals surface area contributed by atoms with Crippen LogP contribution >= 0.6 is 0 Å². The van der Waals surface area contributed by atoms with Gasteiger partial charge in [-0.25, -0.2) is 0 Å². The van der Waals surface area contributed by atoms with Gasteiger partial charge in [-0.2, -0.15) is 5.26 Å². The second kappa shape index (κ2) is 5.51. The first kappa shape index (κ1) is 12.5. The first-order chi connectivity index (χ1) is 7.13. The zero-order valence-electron chi connectivity index (χ0n) is 10.3. The van der Waals surface area contributed by atoms with Crippen LogP contribution in [-0.2, 0) is 0 Å². The number of hydrogen-bond acceptors (Lipinski definition) is 2. The summed E-state index contributed by atoms with van der Waals surface area (Å²) in [5.74, 6) is 1.60. The van der Waals surface area contributed by atoms with Crippen molar-refractivity contribution < 1.29 is 0 Å². The predicted octanol–water partition coefficient (Wildman–Crippen LogP) is 3.09. The summed E-state index contributed by atoms with van der Waals surface area (Å²) in [6.07, 6.45) is 5.60. The number of nitrogens with zero attached hydrogens (tertiary/aromatic N) is 1. The van der Waals surface area contributed by atoms with Crippen LogP contribution in [-0.4, -0.2) is 12.1 Å². The molecule has 1 rings (SSSR count). The Labute approximate surface area is 94.1 Å². The molecule has 0 heterocycles. The van der Waals surface area contributed by atoms with Crippen LogP contribution < -0.4 is 5.32 Å². The van der Waals surface area contributed by atoms with Crippen LogP contribution in [0.3, 0.4) is 0 Å². The van der Waals surface area contributed by atoms with Gasteiger partial charge in [0.25, 0.3) is 0 Å². The van der Waals surface area contributed by atoms with E-state index in [-0.39, 0.29) is 5.54 Å². The molecule has 1 aliphatic carbocycles.